The van der Waals surface area contributed by atoms with E-state index < -0.39 is 0 Å². The number of rotatable bonds is 3. The molecule has 1 aromatic heterocycles. The second-order valence-electron chi connectivity index (χ2n) is 5.25. The number of fused-ring (bicyclic) bond motifs is 1. The molecule has 0 bridgehead atoms. The molecule has 0 spiro atoms. The van der Waals surface area contributed by atoms with Crippen LogP contribution in [0.3, 0.4) is 0 Å². The molecule has 4 nitrogen and oxygen atoms in total. The van der Waals surface area contributed by atoms with Gasteiger partial charge in [-0.3, -0.25) is 5.10 Å². The number of hydrogen-bond acceptors (Lipinski definition) is 3. The molecule has 2 aromatic rings. The summed E-state index contributed by atoms with van der Waals surface area (Å²) in [6.45, 7) is 2.14. The second-order valence-corrected chi connectivity index (χ2v) is 5.25. The summed E-state index contributed by atoms with van der Waals surface area (Å²) in [6, 6.07) is 6.27. The van der Waals surface area contributed by atoms with Crippen molar-refractivity contribution < 1.29 is 5.11 Å². The summed E-state index contributed by atoms with van der Waals surface area (Å²) in [5.74, 6) is 0.350. The average Bonchev–Trinajstić information content (AvgIpc) is 2.93. The van der Waals surface area contributed by atoms with Crippen LogP contribution in [-0.4, -0.2) is 15.3 Å². The zero-order valence-corrected chi connectivity index (χ0v) is 11.1. The van der Waals surface area contributed by atoms with Gasteiger partial charge in [-0.05, 0) is 49.4 Å². The van der Waals surface area contributed by atoms with Gasteiger partial charge in [0.2, 0.25) is 0 Å². The van der Waals surface area contributed by atoms with Crippen molar-refractivity contribution in [3.63, 3.8) is 0 Å². The molecule has 0 aliphatic heterocycles. The quantitative estimate of drug-likeness (QED) is 0.792. The Labute approximate surface area is 112 Å². The zero-order valence-electron chi connectivity index (χ0n) is 11.1. The molecule has 0 radical (unpaired) electrons. The maximum absolute atomic E-state index is 9.68. The lowest BCUT2D eigenvalue weighted by Gasteiger charge is -2.29. The normalized spacial score (nSPS) is 19.9. The van der Waals surface area contributed by atoms with E-state index in [-0.39, 0.29) is 6.04 Å². The van der Waals surface area contributed by atoms with Crippen LogP contribution < -0.4 is 5.32 Å². The summed E-state index contributed by atoms with van der Waals surface area (Å²) in [5.41, 5.74) is 3.75. The van der Waals surface area contributed by atoms with E-state index in [9.17, 15) is 5.11 Å². The van der Waals surface area contributed by atoms with E-state index in [1.165, 1.54) is 17.5 Å². The van der Waals surface area contributed by atoms with Crippen molar-refractivity contribution in [2.75, 3.05) is 0 Å². The lowest BCUT2D eigenvalue weighted by Crippen LogP contribution is -2.27. The van der Waals surface area contributed by atoms with E-state index >= 15 is 0 Å². The number of aromatic amines is 1. The fraction of sp³-hybridized carbons (Fsp3) is 0.400. The van der Waals surface area contributed by atoms with Gasteiger partial charge in [0.1, 0.15) is 5.75 Å². The minimum absolute atomic E-state index is 0.247. The minimum Gasteiger partial charge on any atom is -0.508 e. The second kappa shape index (κ2) is 5.05. The molecule has 19 heavy (non-hydrogen) atoms. The number of benzene rings is 1. The number of aromatic nitrogens is 2. The number of nitrogens with one attached hydrogen (secondary N) is 2. The van der Waals surface area contributed by atoms with Crippen LogP contribution in [0.4, 0.5) is 0 Å². The number of hydrogen-bond donors (Lipinski definition) is 3. The van der Waals surface area contributed by atoms with Crippen molar-refractivity contribution in [3.05, 3.63) is 47.3 Å². The number of H-pyrrole nitrogens is 1. The summed E-state index contributed by atoms with van der Waals surface area (Å²) < 4.78 is 0. The lowest BCUT2D eigenvalue weighted by molar-refractivity contribution is 0.411. The summed E-state index contributed by atoms with van der Waals surface area (Å²) in [7, 11) is 0. The average molecular weight is 257 g/mol. The molecule has 1 aliphatic rings. The van der Waals surface area contributed by atoms with Crippen molar-refractivity contribution in [1.29, 1.82) is 0 Å². The highest BCUT2D eigenvalue weighted by Gasteiger charge is 2.22. The van der Waals surface area contributed by atoms with Crippen LogP contribution in [0.5, 0.6) is 5.75 Å². The topological polar surface area (TPSA) is 60.9 Å². The van der Waals surface area contributed by atoms with Crippen LogP contribution in [0.2, 0.25) is 0 Å². The molecule has 3 N–H and O–H groups in total. The van der Waals surface area contributed by atoms with Crippen molar-refractivity contribution in [3.8, 4) is 5.75 Å². The van der Waals surface area contributed by atoms with E-state index in [1.54, 1.807) is 6.07 Å². The van der Waals surface area contributed by atoms with Gasteiger partial charge in [-0.15, -0.1) is 0 Å². The predicted octanol–water partition coefficient (Wildman–Crippen LogP) is 2.84. The van der Waals surface area contributed by atoms with Gasteiger partial charge in [0.15, 0.2) is 0 Å². The third-order valence-electron chi connectivity index (χ3n) is 3.91. The first-order valence-corrected chi connectivity index (χ1v) is 6.80. The van der Waals surface area contributed by atoms with Crippen LogP contribution in [-0.2, 0) is 6.42 Å². The number of aryl methyl sites for hydroxylation is 1. The molecule has 2 unspecified atom stereocenters. The van der Waals surface area contributed by atoms with Crippen molar-refractivity contribution in [2.24, 2.45) is 0 Å². The monoisotopic (exact) mass is 257 g/mol. The molecule has 0 amide bonds. The smallest absolute Gasteiger partial charge is 0.115 e. The molecule has 0 saturated carbocycles. The molecule has 2 atom stereocenters. The van der Waals surface area contributed by atoms with Crippen LogP contribution >= 0.6 is 0 Å². The maximum atomic E-state index is 9.68. The Kier molecular flexibility index (Phi) is 3.25. The van der Waals surface area contributed by atoms with Crippen molar-refractivity contribution in [1.82, 2.24) is 15.5 Å². The van der Waals surface area contributed by atoms with Gasteiger partial charge >= 0.3 is 0 Å². The van der Waals surface area contributed by atoms with E-state index in [4.69, 9.17) is 0 Å². The highest BCUT2D eigenvalue weighted by Crippen LogP contribution is 2.33. The molecule has 1 heterocycles. The molecule has 1 aromatic carbocycles. The van der Waals surface area contributed by atoms with Gasteiger partial charge in [-0.1, -0.05) is 6.07 Å². The maximum Gasteiger partial charge on any atom is 0.115 e. The largest absolute Gasteiger partial charge is 0.508 e. The molecule has 0 saturated heterocycles. The van der Waals surface area contributed by atoms with Crippen LogP contribution in [0.1, 0.15) is 48.5 Å². The Balaban J connectivity index is 1.81. The Morgan fingerprint density at radius 1 is 1.47 bits per heavy atom. The fourth-order valence-electron chi connectivity index (χ4n) is 2.86. The highest BCUT2D eigenvalue weighted by atomic mass is 16.3. The standard InChI is InChI=1S/C15H19N3O/c1-10(12-8-16-17-9-12)18-15-4-2-3-11-5-6-13(19)7-14(11)15/h5-10,15,18-19H,2-4H2,1H3,(H,16,17). The highest BCUT2D eigenvalue weighted by molar-refractivity contribution is 5.38. The minimum atomic E-state index is 0.247. The molecule has 1 aliphatic carbocycles. The molecule has 4 heteroatoms. The van der Waals surface area contributed by atoms with Crippen molar-refractivity contribution >= 4 is 0 Å². The molecule has 0 fully saturated rings. The summed E-state index contributed by atoms with van der Waals surface area (Å²) in [4.78, 5) is 0. The zero-order chi connectivity index (χ0) is 13.2. The third-order valence-corrected chi connectivity index (χ3v) is 3.91. The van der Waals surface area contributed by atoms with Gasteiger partial charge in [-0.25, -0.2) is 0 Å². The first-order valence-electron chi connectivity index (χ1n) is 6.80. The molecule has 3 rings (SSSR count). The molecular formula is C15H19N3O. The van der Waals surface area contributed by atoms with E-state index in [2.05, 4.69) is 22.4 Å². The van der Waals surface area contributed by atoms with E-state index in [0.29, 0.717) is 11.8 Å². The van der Waals surface area contributed by atoms with Crippen LogP contribution in [0, 0.1) is 0 Å². The van der Waals surface area contributed by atoms with Gasteiger partial charge in [0.05, 0.1) is 6.20 Å². The van der Waals surface area contributed by atoms with Crippen molar-refractivity contribution in [2.45, 2.75) is 38.3 Å². The first-order chi connectivity index (χ1) is 9.24. The third kappa shape index (κ3) is 2.49. The number of nitrogens with zero attached hydrogens (tertiary/aromatic N) is 1. The Morgan fingerprint density at radius 2 is 2.37 bits per heavy atom. The predicted molar refractivity (Wildman–Crippen MR) is 73.9 cm³/mol. The van der Waals surface area contributed by atoms with Gasteiger partial charge in [0, 0.05) is 23.8 Å². The Hall–Kier alpha value is -1.81. The molecular weight excluding hydrogens is 238 g/mol. The van der Waals surface area contributed by atoms with E-state index in [1.807, 2.05) is 24.5 Å². The summed E-state index contributed by atoms with van der Waals surface area (Å²) in [5, 5.41) is 20.2. The Morgan fingerprint density at radius 3 is 3.16 bits per heavy atom. The van der Waals surface area contributed by atoms with Gasteiger partial charge in [0.25, 0.3) is 0 Å². The number of phenolic OH excluding ortho intramolecular Hbond substituents is 1. The van der Waals surface area contributed by atoms with Crippen LogP contribution in [0.25, 0.3) is 0 Å². The summed E-state index contributed by atoms with van der Waals surface area (Å²) in [6.07, 6.45) is 7.17. The molecule has 100 valence electrons. The summed E-state index contributed by atoms with van der Waals surface area (Å²) >= 11 is 0. The SMILES string of the molecule is CC(NC1CCCc2ccc(O)cc21)c1cn[nH]c1. The number of phenols is 1. The van der Waals surface area contributed by atoms with Gasteiger partial charge in [-0.2, -0.15) is 5.10 Å². The van der Waals surface area contributed by atoms with Crippen LogP contribution in [0.15, 0.2) is 30.6 Å². The fourth-order valence-corrected chi connectivity index (χ4v) is 2.86. The van der Waals surface area contributed by atoms with Gasteiger partial charge < -0.3 is 10.4 Å². The lowest BCUT2D eigenvalue weighted by atomic mass is 9.87. The first kappa shape index (κ1) is 12.2. The Bertz CT molecular complexity index is 551. The number of aromatic hydroxyl groups is 1. The van der Waals surface area contributed by atoms with E-state index in [0.717, 1.165) is 18.4 Å².